The zero-order valence-electron chi connectivity index (χ0n) is 34.7. The lowest BCUT2D eigenvalue weighted by molar-refractivity contribution is -0.144. The third-order valence-corrected chi connectivity index (χ3v) is 10.7. The molecule has 8 amide bonds. The topological polar surface area (TPSA) is 212 Å². The highest BCUT2D eigenvalue weighted by atomic mass is 16.7. The highest BCUT2D eigenvalue weighted by Crippen LogP contribution is 2.31. The molecule has 20 heteroatoms. The van der Waals surface area contributed by atoms with Crippen molar-refractivity contribution in [3.8, 4) is 0 Å². The predicted molar refractivity (Wildman–Crippen MR) is 205 cm³/mol. The molecule has 6 aliphatic heterocycles. The Kier molecular flexibility index (Phi) is 13.4. The lowest BCUT2D eigenvalue weighted by Gasteiger charge is -2.29. The van der Waals surface area contributed by atoms with E-state index >= 15 is 0 Å². The van der Waals surface area contributed by atoms with Gasteiger partial charge in [-0.05, 0) is 85.6 Å². The molecule has 3 N–H and O–H groups in total. The third kappa shape index (κ3) is 11.0. The van der Waals surface area contributed by atoms with Crippen molar-refractivity contribution in [2.24, 2.45) is 0 Å². The van der Waals surface area contributed by atoms with E-state index in [0.717, 1.165) is 5.56 Å². The molecule has 0 radical (unpaired) electrons. The number of fused-ring (bicyclic) bond motifs is 4. The van der Waals surface area contributed by atoms with Gasteiger partial charge in [-0.25, -0.2) is 35.2 Å². The minimum atomic E-state index is -0.653. The number of ether oxygens (including phenoxy) is 2. The van der Waals surface area contributed by atoms with Crippen molar-refractivity contribution in [2.75, 3.05) is 39.3 Å². The van der Waals surface area contributed by atoms with Crippen LogP contribution in [-0.2, 0) is 40.2 Å². The number of rotatable bonds is 9. The number of benzene rings is 1. The second kappa shape index (κ2) is 18.1. The molecule has 6 atom stereocenters. The average molecular weight is 831 g/mol. The van der Waals surface area contributed by atoms with E-state index in [1.165, 1.54) is 9.96 Å². The summed E-state index contributed by atoms with van der Waals surface area (Å²) in [5.74, 6) is -0.773. The summed E-state index contributed by atoms with van der Waals surface area (Å²) in [6.45, 7) is 13.6. The normalized spacial score (nSPS) is 26.5. The highest BCUT2D eigenvalue weighted by Gasteiger charge is 2.49. The van der Waals surface area contributed by atoms with E-state index in [-0.39, 0.29) is 36.2 Å². The van der Waals surface area contributed by atoms with Crippen LogP contribution in [0.3, 0.4) is 0 Å². The number of carbonyl (C=O) groups excluding carboxylic acids is 6. The monoisotopic (exact) mass is 830 g/mol. The summed E-state index contributed by atoms with van der Waals surface area (Å²) in [5, 5.41) is 11.8. The maximum atomic E-state index is 12.9. The van der Waals surface area contributed by atoms with Crippen molar-refractivity contribution in [3.63, 3.8) is 0 Å². The maximum Gasteiger partial charge on any atom is 0.410 e. The van der Waals surface area contributed by atoms with Crippen LogP contribution in [0.15, 0.2) is 30.3 Å². The Bertz CT molecular complexity index is 1710. The van der Waals surface area contributed by atoms with Gasteiger partial charge in [0.1, 0.15) is 42.1 Å². The average Bonchev–Trinajstić information content (AvgIpc) is 3.96. The number of hydrogen-bond acceptors (Lipinski definition) is 12. The summed E-state index contributed by atoms with van der Waals surface area (Å²) in [5.41, 5.74) is 4.76. The number of piperidine rings is 2. The van der Waals surface area contributed by atoms with Crippen LogP contribution in [0.4, 0.5) is 19.2 Å². The fourth-order valence-electron chi connectivity index (χ4n) is 7.76. The standard InChI is InChI=1S/C23H32N4O6.C16H26N4O6/c1-23(2,3)32-22(30)25-12-11-18(14-25)33-24-20(28)19-10-9-17-13-26(19)21(29)27(17)31-15-16-7-5-4-6-8-16;1-16(2,3)25-15(23)18-7-6-11(9-18)26-17-13(21)12-5-4-10-8-19(12)14(22)20(10)24/h4-8,17-19H,9-15H2,1-3H3,(H,24,28);10-12,24H,4-9H2,1-3H3,(H,17,21)/t17-,18?,19+;10-,11?,12+/m11/s1. The number of nitrogens with one attached hydrogen (secondary N) is 2. The van der Waals surface area contributed by atoms with Crippen LogP contribution in [0.2, 0.25) is 0 Å². The first-order valence-electron chi connectivity index (χ1n) is 20.3. The Morgan fingerprint density at radius 1 is 0.661 bits per heavy atom. The molecule has 0 aliphatic carbocycles. The maximum absolute atomic E-state index is 12.9. The van der Waals surface area contributed by atoms with E-state index in [4.69, 9.17) is 24.0 Å². The third-order valence-electron chi connectivity index (χ3n) is 10.7. The molecular weight excluding hydrogens is 772 g/mol. The van der Waals surface area contributed by atoms with Crippen LogP contribution < -0.4 is 11.0 Å². The van der Waals surface area contributed by atoms with Crippen molar-refractivity contribution in [2.45, 2.75) is 134 Å². The van der Waals surface area contributed by atoms with E-state index in [1.807, 2.05) is 51.1 Å². The van der Waals surface area contributed by atoms with Gasteiger partial charge in [-0.2, -0.15) is 5.06 Å². The summed E-state index contributed by atoms with van der Waals surface area (Å²) >= 11 is 0. The zero-order valence-corrected chi connectivity index (χ0v) is 34.7. The van der Waals surface area contributed by atoms with Gasteiger partial charge in [0.05, 0.1) is 25.2 Å². The SMILES string of the molecule is CC(C)(C)OC(=O)N1CCC(ONC(=O)[C@@H]2CC[C@@H]3CN2C(=O)N3O)C1.CC(C)(C)OC(=O)N1CCC(ONC(=O)[C@@H]2CC[C@@H]3CN2C(=O)N3OCc2ccccc2)C1. The first-order chi connectivity index (χ1) is 27.9. The Balaban J connectivity index is 0.000000204. The second-order valence-electron chi connectivity index (χ2n) is 17.6. The minimum Gasteiger partial charge on any atom is -0.444 e. The fourth-order valence-corrected chi connectivity index (χ4v) is 7.76. The Hall–Kier alpha value is -4.92. The van der Waals surface area contributed by atoms with Gasteiger partial charge in [0.2, 0.25) is 0 Å². The van der Waals surface area contributed by atoms with Gasteiger partial charge in [-0.1, -0.05) is 30.3 Å². The smallest absolute Gasteiger partial charge is 0.410 e. The number of carbonyl (C=O) groups is 6. The number of nitrogens with zero attached hydrogens (tertiary/aromatic N) is 6. The van der Waals surface area contributed by atoms with Gasteiger partial charge < -0.3 is 29.1 Å². The molecule has 6 aliphatic rings. The number of amides is 8. The van der Waals surface area contributed by atoms with E-state index < -0.39 is 47.4 Å². The van der Waals surface area contributed by atoms with Crippen LogP contribution >= 0.6 is 0 Å². The van der Waals surface area contributed by atoms with Gasteiger partial charge in [0, 0.05) is 26.2 Å². The molecular formula is C39H58N8O12. The van der Waals surface area contributed by atoms with Crippen LogP contribution in [0.25, 0.3) is 0 Å². The predicted octanol–water partition coefficient (Wildman–Crippen LogP) is 3.15. The van der Waals surface area contributed by atoms with E-state index in [1.54, 1.807) is 35.5 Å². The Labute approximate surface area is 343 Å². The molecule has 59 heavy (non-hydrogen) atoms. The molecule has 0 saturated carbocycles. The summed E-state index contributed by atoms with van der Waals surface area (Å²) in [4.78, 5) is 96.9. The fraction of sp³-hybridized carbons (Fsp3) is 0.692. The number of hydrogen-bond donors (Lipinski definition) is 3. The first kappa shape index (κ1) is 43.7. The number of hydroxylamine groups is 6. The summed E-state index contributed by atoms with van der Waals surface area (Å²) in [6, 6.07) is 7.22. The molecule has 1 aromatic carbocycles. The Morgan fingerprint density at radius 2 is 1.14 bits per heavy atom. The van der Waals surface area contributed by atoms with Gasteiger partial charge >= 0.3 is 24.2 Å². The van der Waals surface area contributed by atoms with Crippen molar-refractivity contribution in [3.05, 3.63) is 35.9 Å². The largest absolute Gasteiger partial charge is 0.444 e. The van der Waals surface area contributed by atoms with Crippen molar-refractivity contribution in [1.29, 1.82) is 0 Å². The highest BCUT2D eigenvalue weighted by molar-refractivity contribution is 5.88. The molecule has 2 unspecified atom stereocenters. The van der Waals surface area contributed by atoms with Crippen LogP contribution in [0, 0.1) is 0 Å². The molecule has 0 aromatic heterocycles. The second-order valence-corrected chi connectivity index (χ2v) is 17.6. The Morgan fingerprint density at radius 3 is 1.64 bits per heavy atom. The van der Waals surface area contributed by atoms with Gasteiger partial charge in [-0.15, -0.1) is 0 Å². The van der Waals surface area contributed by atoms with Crippen molar-refractivity contribution >= 4 is 36.1 Å². The number of urea groups is 2. The van der Waals surface area contributed by atoms with Crippen molar-refractivity contribution in [1.82, 2.24) is 40.7 Å². The lowest BCUT2D eigenvalue weighted by atomic mass is 10.0. The molecule has 7 rings (SSSR count). The molecule has 6 heterocycles. The molecule has 1 aromatic rings. The summed E-state index contributed by atoms with van der Waals surface area (Å²) in [7, 11) is 0. The minimum absolute atomic E-state index is 0.0663. The molecule has 0 spiro atoms. The van der Waals surface area contributed by atoms with E-state index in [9.17, 15) is 34.0 Å². The molecule has 326 valence electrons. The quantitative estimate of drug-likeness (QED) is 0.242. The van der Waals surface area contributed by atoms with Crippen molar-refractivity contribution < 1.29 is 58.0 Å². The van der Waals surface area contributed by atoms with E-state index in [2.05, 4.69) is 11.0 Å². The van der Waals surface area contributed by atoms with Crippen LogP contribution in [0.5, 0.6) is 0 Å². The molecule has 6 fully saturated rings. The van der Waals surface area contributed by atoms with E-state index in [0.29, 0.717) is 89.5 Å². The molecule has 6 saturated heterocycles. The number of likely N-dealkylation sites (tertiary alicyclic amines) is 2. The lowest BCUT2D eigenvalue weighted by Crippen LogP contribution is -2.50. The summed E-state index contributed by atoms with van der Waals surface area (Å²) in [6.07, 6.45) is 1.97. The van der Waals surface area contributed by atoms with Gasteiger partial charge in [-0.3, -0.25) is 29.3 Å². The zero-order chi connectivity index (χ0) is 42.6. The summed E-state index contributed by atoms with van der Waals surface area (Å²) < 4.78 is 10.7. The van der Waals surface area contributed by atoms with Gasteiger partial charge in [0.25, 0.3) is 11.8 Å². The van der Waals surface area contributed by atoms with Crippen LogP contribution in [-0.4, -0.2) is 158 Å². The van der Waals surface area contributed by atoms with Gasteiger partial charge in [0.15, 0.2) is 0 Å². The first-order valence-corrected chi connectivity index (χ1v) is 20.3. The molecule has 20 nitrogen and oxygen atoms in total. The van der Waals surface area contributed by atoms with Crippen LogP contribution in [0.1, 0.15) is 85.6 Å². The molecule has 4 bridgehead atoms.